The summed E-state index contributed by atoms with van der Waals surface area (Å²) in [5.41, 5.74) is 16.2. The summed E-state index contributed by atoms with van der Waals surface area (Å²) in [6.45, 7) is 0.802. The molecule has 3 aromatic rings. The predicted octanol–water partition coefficient (Wildman–Crippen LogP) is 1.75. The van der Waals surface area contributed by atoms with E-state index in [-0.39, 0.29) is 0 Å². The monoisotopic (exact) mass is 398 g/mol. The number of hydrogen-bond donors (Lipinski definition) is 2. The molecule has 0 saturated heterocycles. The fourth-order valence-electron chi connectivity index (χ4n) is 3.52. The van der Waals surface area contributed by atoms with Gasteiger partial charge >= 0.3 is 5.69 Å². The number of nitrogen functional groups attached to an aromatic ring is 2. The highest BCUT2D eigenvalue weighted by Crippen LogP contribution is 2.24. The van der Waals surface area contributed by atoms with Gasteiger partial charge in [-0.15, -0.1) is 0 Å². The zero-order chi connectivity index (χ0) is 20.7. The molecule has 0 amide bonds. The molecule has 5 rings (SSSR count). The van der Waals surface area contributed by atoms with Crippen molar-refractivity contribution in [3.05, 3.63) is 82.8 Å². The summed E-state index contributed by atoms with van der Waals surface area (Å²) in [7, 11) is 0. The third-order valence-electron chi connectivity index (χ3n) is 4.99. The summed E-state index contributed by atoms with van der Waals surface area (Å²) in [6.07, 6.45) is 3.10. The molecule has 148 valence electrons. The Morgan fingerprint density at radius 3 is 2.63 bits per heavy atom. The number of anilines is 2. The van der Waals surface area contributed by atoms with E-state index in [0.29, 0.717) is 47.1 Å². The Morgan fingerprint density at radius 2 is 1.80 bits per heavy atom. The molecule has 9 nitrogen and oxygen atoms in total. The topological polar surface area (TPSA) is 131 Å². The lowest BCUT2D eigenvalue weighted by atomic mass is 10.2. The van der Waals surface area contributed by atoms with Gasteiger partial charge in [0.1, 0.15) is 17.5 Å². The highest BCUT2D eigenvalue weighted by Gasteiger charge is 2.21. The lowest BCUT2D eigenvalue weighted by Gasteiger charge is -2.06. The number of aromatic nitrogens is 6. The average Bonchev–Trinajstić information content (AvgIpc) is 3.19. The number of nitrogens with zero attached hydrogens (tertiary/aromatic N) is 6. The van der Waals surface area contributed by atoms with Crippen LogP contribution in [0.3, 0.4) is 0 Å². The minimum atomic E-state index is -0.394. The molecule has 1 aromatic heterocycles. The molecular weight excluding hydrogens is 380 g/mol. The fourth-order valence-corrected chi connectivity index (χ4v) is 3.52. The Hall–Kier alpha value is -4.27. The first-order chi connectivity index (χ1) is 14.6. The van der Waals surface area contributed by atoms with E-state index in [9.17, 15) is 4.79 Å². The van der Waals surface area contributed by atoms with Crippen LogP contribution in [0.15, 0.2) is 66.0 Å². The Bertz CT molecular complexity index is 1400. The van der Waals surface area contributed by atoms with E-state index >= 15 is 0 Å². The lowest BCUT2D eigenvalue weighted by Crippen LogP contribution is -2.17. The second-order valence-electron chi connectivity index (χ2n) is 7.01. The van der Waals surface area contributed by atoms with E-state index < -0.39 is 5.69 Å². The molecule has 0 spiro atoms. The molecule has 2 aromatic carbocycles. The van der Waals surface area contributed by atoms with Crippen LogP contribution in [0.4, 0.5) is 11.4 Å². The largest absolute Gasteiger partial charge is 0.399 e. The molecule has 0 bridgehead atoms. The van der Waals surface area contributed by atoms with Crippen LogP contribution >= 0.6 is 0 Å². The molecule has 3 heterocycles. The normalized spacial score (nSPS) is 11.3. The third kappa shape index (κ3) is 3.02. The highest BCUT2D eigenvalue weighted by molar-refractivity contribution is 5.85. The molecule has 4 N–H and O–H groups in total. The fraction of sp³-hybridized carbons (Fsp3) is 0.0952. The van der Waals surface area contributed by atoms with E-state index in [1.54, 1.807) is 12.4 Å². The van der Waals surface area contributed by atoms with Crippen LogP contribution in [-0.4, -0.2) is 29.1 Å². The van der Waals surface area contributed by atoms with Crippen molar-refractivity contribution in [2.75, 3.05) is 11.5 Å². The maximum absolute atomic E-state index is 12.6. The van der Waals surface area contributed by atoms with Gasteiger partial charge in [0.2, 0.25) is 0 Å². The van der Waals surface area contributed by atoms with Crippen molar-refractivity contribution in [1.29, 1.82) is 0 Å². The van der Waals surface area contributed by atoms with Crippen molar-refractivity contribution >= 4 is 22.5 Å². The summed E-state index contributed by atoms with van der Waals surface area (Å²) in [5, 5.41) is 0. The van der Waals surface area contributed by atoms with E-state index in [2.05, 4.69) is 19.9 Å². The molecule has 0 radical (unpaired) electrons. The van der Waals surface area contributed by atoms with Crippen LogP contribution in [0.1, 0.15) is 11.1 Å². The molecule has 30 heavy (non-hydrogen) atoms. The Kier molecular flexibility index (Phi) is 4.13. The summed E-state index contributed by atoms with van der Waals surface area (Å²) < 4.78 is 3.36. The standard InChI is InChI=1S/C21H18N8O/c22-15-6-3-4-13(8-15)9-29-20-18(27-21(29)30)17-19(24-11-25-20)28(12-26-17)10-14-5-1-2-7-16(14)23/h1-8,11-12H,9-10,22-23H2. The van der Waals surface area contributed by atoms with Crippen molar-refractivity contribution in [1.82, 2.24) is 29.1 Å². The van der Waals surface area contributed by atoms with Crippen molar-refractivity contribution in [2.45, 2.75) is 13.1 Å². The van der Waals surface area contributed by atoms with Crippen LogP contribution in [0.25, 0.3) is 22.7 Å². The maximum atomic E-state index is 12.6. The van der Waals surface area contributed by atoms with Gasteiger partial charge in [0.25, 0.3) is 0 Å². The highest BCUT2D eigenvalue weighted by atomic mass is 16.1. The van der Waals surface area contributed by atoms with E-state index in [1.165, 1.54) is 10.9 Å². The summed E-state index contributed by atoms with van der Waals surface area (Å²) in [6, 6.07) is 15.0. The first-order valence-corrected chi connectivity index (χ1v) is 9.34. The number of benzene rings is 2. The number of fused-ring (bicyclic) bond motifs is 3. The van der Waals surface area contributed by atoms with Gasteiger partial charge in [-0.05, 0) is 29.3 Å². The number of para-hydroxylation sites is 1. The summed E-state index contributed by atoms with van der Waals surface area (Å²) in [4.78, 5) is 30.1. The molecular formula is C21H18N8O. The summed E-state index contributed by atoms with van der Waals surface area (Å²) >= 11 is 0. The SMILES string of the molecule is Nc1cccc(Cn2c3ncnc4c(ncn4Cc4ccccc4N)c-3nc2=O)c1. The van der Waals surface area contributed by atoms with Crippen LogP contribution in [0.2, 0.25) is 0 Å². The Labute approximate surface area is 171 Å². The van der Waals surface area contributed by atoms with Gasteiger partial charge in [-0.1, -0.05) is 30.3 Å². The van der Waals surface area contributed by atoms with Gasteiger partial charge in [-0.2, -0.15) is 4.98 Å². The number of hydrogen-bond acceptors (Lipinski definition) is 7. The molecule has 9 heteroatoms. The van der Waals surface area contributed by atoms with Gasteiger partial charge < -0.3 is 16.0 Å². The molecule has 0 unspecified atom stereocenters. The number of rotatable bonds is 4. The van der Waals surface area contributed by atoms with Gasteiger partial charge in [-0.25, -0.2) is 19.7 Å². The summed E-state index contributed by atoms with van der Waals surface area (Å²) in [5.74, 6) is 0.425. The quantitative estimate of drug-likeness (QED) is 0.441. The third-order valence-corrected chi connectivity index (χ3v) is 4.99. The smallest absolute Gasteiger partial charge is 0.350 e. The number of imidazole rings is 2. The van der Waals surface area contributed by atoms with Gasteiger partial charge in [0.05, 0.1) is 19.4 Å². The lowest BCUT2D eigenvalue weighted by molar-refractivity contribution is 0.758. The second-order valence-corrected chi connectivity index (χ2v) is 7.01. The van der Waals surface area contributed by atoms with Crippen LogP contribution < -0.4 is 17.2 Å². The molecule has 0 atom stereocenters. The van der Waals surface area contributed by atoms with Crippen molar-refractivity contribution in [3.63, 3.8) is 0 Å². The van der Waals surface area contributed by atoms with E-state index in [4.69, 9.17) is 11.5 Å². The predicted molar refractivity (Wildman–Crippen MR) is 114 cm³/mol. The van der Waals surface area contributed by atoms with Gasteiger partial charge in [-0.3, -0.25) is 4.57 Å². The Morgan fingerprint density at radius 1 is 0.933 bits per heavy atom. The van der Waals surface area contributed by atoms with Crippen LogP contribution in [0, 0.1) is 0 Å². The number of nitrogens with two attached hydrogens (primary N) is 2. The average molecular weight is 398 g/mol. The van der Waals surface area contributed by atoms with Crippen LogP contribution in [0.5, 0.6) is 0 Å². The first-order valence-electron chi connectivity index (χ1n) is 9.34. The van der Waals surface area contributed by atoms with Crippen molar-refractivity contribution < 1.29 is 0 Å². The van der Waals surface area contributed by atoms with Gasteiger partial charge in [0.15, 0.2) is 11.5 Å². The first kappa shape index (κ1) is 17.8. The molecule has 0 fully saturated rings. The van der Waals surface area contributed by atoms with E-state index in [0.717, 1.165) is 11.1 Å². The molecule has 0 saturated carbocycles. The van der Waals surface area contributed by atoms with Crippen molar-refractivity contribution in [2.24, 2.45) is 0 Å². The van der Waals surface area contributed by atoms with E-state index in [1.807, 2.05) is 47.0 Å². The maximum Gasteiger partial charge on any atom is 0.350 e. The molecule has 0 aliphatic carbocycles. The molecule has 2 aliphatic heterocycles. The molecule has 2 aliphatic rings. The zero-order valence-corrected chi connectivity index (χ0v) is 15.9. The zero-order valence-electron chi connectivity index (χ0n) is 15.9. The van der Waals surface area contributed by atoms with Gasteiger partial charge in [0, 0.05) is 11.4 Å². The Balaban J connectivity index is 1.59. The van der Waals surface area contributed by atoms with Crippen LogP contribution in [-0.2, 0) is 13.1 Å². The van der Waals surface area contributed by atoms with Crippen molar-refractivity contribution in [3.8, 4) is 11.5 Å². The second kappa shape index (κ2) is 6.96. The minimum Gasteiger partial charge on any atom is -0.399 e. The minimum absolute atomic E-state index is 0.306.